The van der Waals surface area contributed by atoms with Crippen LogP contribution in [0.3, 0.4) is 0 Å². The molecule has 1 rings (SSSR count). The van der Waals surface area contributed by atoms with Gasteiger partial charge in [-0.25, -0.2) is 4.39 Å². The summed E-state index contributed by atoms with van der Waals surface area (Å²) in [6.45, 7) is 0. The molecule has 0 aliphatic carbocycles. The molecule has 0 aromatic heterocycles. The molecule has 0 saturated heterocycles. The fourth-order valence-corrected chi connectivity index (χ4v) is 0.635. The van der Waals surface area contributed by atoms with Crippen LogP contribution in [0.15, 0.2) is 18.2 Å². The van der Waals surface area contributed by atoms with Gasteiger partial charge in [-0.05, 0) is 5.56 Å². The smallest absolute Gasteiger partial charge is 1.00 e. The van der Waals surface area contributed by atoms with Gasteiger partial charge in [0.05, 0.1) is 0 Å². The first-order valence-corrected chi connectivity index (χ1v) is 2.75. The van der Waals surface area contributed by atoms with E-state index in [2.05, 4.69) is 0 Å². The van der Waals surface area contributed by atoms with Crippen molar-refractivity contribution in [2.75, 3.05) is 0 Å². The standard InChI is InChI=1S/C7H3F4.BrH.Mg/c8-6-4-2-1-3-5(6)7(9,10)11;;/h1-3H;1H;/q-1;;+2/p-1. The van der Waals surface area contributed by atoms with Crippen LogP contribution in [-0.2, 0) is 6.18 Å². The van der Waals surface area contributed by atoms with E-state index in [1.54, 1.807) is 0 Å². The molecule has 0 aliphatic heterocycles. The predicted molar refractivity (Wildman–Crippen MR) is 36.0 cm³/mol. The van der Waals surface area contributed by atoms with Gasteiger partial charge in [0.15, 0.2) is 0 Å². The molecule has 0 radical (unpaired) electrons. The van der Waals surface area contributed by atoms with E-state index in [0.29, 0.717) is 6.07 Å². The van der Waals surface area contributed by atoms with Gasteiger partial charge >= 0.3 is 29.2 Å². The Bertz CT molecular complexity index is 261. The summed E-state index contributed by atoms with van der Waals surface area (Å²) >= 11 is 0. The van der Waals surface area contributed by atoms with Crippen molar-refractivity contribution in [3.8, 4) is 0 Å². The van der Waals surface area contributed by atoms with Gasteiger partial charge in [0.2, 0.25) is 0 Å². The van der Waals surface area contributed by atoms with Gasteiger partial charge in [-0.3, -0.25) is 0 Å². The van der Waals surface area contributed by atoms with Crippen LogP contribution in [-0.4, -0.2) is 23.1 Å². The summed E-state index contributed by atoms with van der Waals surface area (Å²) in [7, 11) is 0. The summed E-state index contributed by atoms with van der Waals surface area (Å²) in [6, 6.07) is 4.67. The molecule has 0 heterocycles. The van der Waals surface area contributed by atoms with Crippen molar-refractivity contribution in [2.45, 2.75) is 6.18 Å². The maximum Gasteiger partial charge on any atom is 2.00 e. The molecule has 1 aromatic carbocycles. The van der Waals surface area contributed by atoms with Crippen LogP contribution in [0.2, 0.25) is 0 Å². The molecule has 1 aromatic rings. The minimum Gasteiger partial charge on any atom is -1.00 e. The second kappa shape index (κ2) is 5.82. The summed E-state index contributed by atoms with van der Waals surface area (Å²) in [5.41, 5.74) is -1.28. The summed E-state index contributed by atoms with van der Waals surface area (Å²) in [5.74, 6) is -1.36. The fraction of sp³-hybridized carbons (Fsp3) is 0.143. The Morgan fingerprint density at radius 3 is 2.08 bits per heavy atom. The van der Waals surface area contributed by atoms with Gasteiger partial charge in [0.25, 0.3) is 0 Å². The molecule has 0 spiro atoms. The first kappa shape index (κ1) is 15.6. The third kappa shape index (κ3) is 4.28. The van der Waals surface area contributed by atoms with Gasteiger partial charge in [0, 0.05) is 5.82 Å². The van der Waals surface area contributed by atoms with Gasteiger partial charge in [-0.15, -0.1) is 6.07 Å². The molecule has 68 valence electrons. The van der Waals surface area contributed by atoms with Crippen molar-refractivity contribution in [3.05, 3.63) is 35.6 Å². The summed E-state index contributed by atoms with van der Waals surface area (Å²) in [4.78, 5) is 0. The van der Waals surface area contributed by atoms with Crippen molar-refractivity contribution < 1.29 is 34.5 Å². The zero-order valence-electron chi connectivity index (χ0n) is 6.33. The summed E-state index contributed by atoms with van der Waals surface area (Å²) in [6.07, 6.45) is -4.62. The molecular formula is C7H3BrF4Mg. The van der Waals surface area contributed by atoms with Gasteiger partial charge in [-0.1, -0.05) is 0 Å². The molecule has 0 atom stereocenters. The predicted octanol–water partition coefficient (Wildman–Crippen LogP) is -0.732. The largest absolute Gasteiger partial charge is 2.00 e. The minimum atomic E-state index is -4.62. The van der Waals surface area contributed by atoms with Crippen molar-refractivity contribution in [3.63, 3.8) is 0 Å². The van der Waals surface area contributed by atoms with Crippen LogP contribution in [0.1, 0.15) is 5.56 Å². The summed E-state index contributed by atoms with van der Waals surface area (Å²) < 4.78 is 47.7. The van der Waals surface area contributed by atoms with Gasteiger partial charge in [-0.2, -0.15) is 31.4 Å². The van der Waals surface area contributed by atoms with Crippen LogP contribution in [0, 0.1) is 11.9 Å². The molecule has 0 aliphatic rings. The molecule has 0 amide bonds. The average molecular weight is 267 g/mol. The van der Waals surface area contributed by atoms with Crippen LogP contribution in [0.25, 0.3) is 0 Å². The Hall–Kier alpha value is 0.186. The molecule has 0 bridgehead atoms. The first-order valence-electron chi connectivity index (χ1n) is 2.75. The normalized spacial score (nSPS) is 9.85. The van der Waals surface area contributed by atoms with Crippen LogP contribution >= 0.6 is 0 Å². The molecule has 0 nitrogen and oxygen atoms in total. The summed E-state index contributed by atoms with van der Waals surface area (Å²) in [5, 5.41) is 0. The maximum atomic E-state index is 12.3. The first-order chi connectivity index (χ1) is 5.02. The van der Waals surface area contributed by atoms with E-state index in [9.17, 15) is 17.6 Å². The Morgan fingerprint density at radius 1 is 1.23 bits per heavy atom. The third-order valence-corrected chi connectivity index (χ3v) is 1.11. The van der Waals surface area contributed by atoms with E-state index in [0.717, 1.165) is 12.1 Å². The van der Waals surface area contributed by atoms with E-state index in [-0.39, 0.29) is 40.0 Å². The Morgan fingerprint density at radius 2 is 1.77 bits per heavy atom. The van der Waals surface area contributed by atoms with Crippen LogP contribution in [0.5, 0.6) is 0 Å². The zero-order chi connectivity index (χ0) is 8.48. The van der Waals surface area contributed by atoms with Crippen molar-refractivity contribution in [1.82, 2.24) is 0 Å². The number of halogens is 5. The van der Waals surface area contributed by atoms with Crippen LogP contribution in [0.4, 0.5) is 17.6 Å². The number of alkyl halides is 3. The molecule has 0 fully saturated rings. The van der Waals surface area contributed by atoms with E-state index in [1.807, 2.05) is 6.07 Å². The fourth-order valence-electron chi connectivity index (χ4n) is 0.635. The van der Waals surface area contributed by atoms with Crippen molar-refractivity contribution in [2.24, 2.45) is 0 Å². The van der Waals surface area contributed by atoms with Gasteiger partial charge < -0.3 is 17.0 Å². The van der Waals surface area contributed by atoms with Crippen LogP contribution < -0.4 is 17.0 Å². The number of rotatable bonds is 0. The quantitative estimate of drug-likeness (QED) is 0.330. The second-order valence-corrected chi connectivity index (χ2v) is 1.90. The second-order valence-electron chi connectivity index (χ2n) is 1.90. The maximum absolute atomic E-state index is 12.3. The molecule has 6 heteroatoms. The zero-order valence-corrected chi connectivity index (χ0v) is 9.33. The molecule has 13 heavy (non-hydrogen) atoms. The monoisotopic (exact) mass is 266 g/mol. The Labute approximate surface area is 99.2 Å². The van der Waals surface area contributed by atoms with Crippen molar-refractivity contribution >= 4 is 23.1 Å². The van der Waals surface area contributed by atoms with E-state index in [1.165, 1.54) is 0 Å². The van der Waals surface area contributed by atoms with E-state index < -0.39 is 17.6 Å². The third-order valence-electron chi connectivity index (χ3n) is 1.11. The molecule has 0 unspecified atom stereocenters. The average Bonchev–Trinajstić information content (AvgIpc) is 1.86. The van der Waals surface area contributed by atoms with E-state index in [4.69, 9.17) is 0 Å². The molecule has 0 N–H and O–H groups in total. The van der Waals surface area contributed by atoms with Crippen molar-refractivity contribution in [1.29, 1.82) is 0 Å². The molecular weight excluding hydrogens is 264 g/mol. The number of hydrogen-bond acceptors (Lipinski definition) is 0. The minimum absolute atomic E-state index is 0. The molecule has 0 saturated carbocycles. The SMILES string of the molecule is Fc1[c-]cccc1C(F)(F)F.[Br-].[Mg+2]. The Kier molecular flexibility index (Phi) is 7.01. The Balaban J connectivity index is 0. The topological polar surface area (TPSA) is 0 Å². The number of benzene rings is 1. The van der Waals surface area contributed by atoms with E-state index >= 15 is 0 Å². The van der Waals surface area contributed by atoms with Gasteiger partial charge in [0.1, 0.15) is 0 Å². The number of hydrogen-bond donors (Lipinski definition) is 0.